The highest BCUT2D eigenvalue weighted by atomic mass is 16.6. The Labute approximate surface area is 123 Å². The molecule has 0 spiro atoms. The molecule has 0 amide bonds. The number of nitrogens with zero attached hydrogens (tertiary/aromatic N) is 1. The number of carbonyl (C=O) groups excluding carboxylic acids is 2. The molecule has 0 saturated heterocycles. The van der Waals surface area contributed by atoms with Crippen LogP contribution in [0.4, 0.5) is 5.69 Å². The second kappa shape index (κ2) is 8.51. The van der Waals surface area contributed by atoms with Crippen LogP contribution in [0.5, 0.6) is 0 Å². The molecule has 0 heterocycles. The van der Waals surface area contributed by atoms with E-state index in [0.717, 1.165) is 0 Å². The van der Waals surface area contributed by atoms with Crippen LogP contribution in [0.3, 0.4) is 0 Å². The summed E-state index contributed by atoms with van der Waals surface area (Å²) in [6, 6.07) is 8.42. The second-order valence-electron chi connectivity index (χ2n) is 4.08. The summed E-state index contributed by atoms with van der Waals surface area (Å²) in [5, 5.41) is 11.7. The number of ether oxygens (including phenoxy) is 2. The fourth-order valence-electron chi connectivity index (χ4n) is 1.39. The van der Waals surface area contributed by atoms with Gasteiger partial charge in [0.2, 0.25) is 0 Å². The Balaban J connectivity index is 2.65. The lowest BCUT2D eigenvalue weighted by Crippen LogP contribution is -2.12. The third kappa shape index (κ3) is 5.47. The van der Waals surface area contributed by atoms with Crippen molar-refractivity contribution in [3.8, 4) is 6.07 Å². The van der Waals surface area contributed by atoms with E-state index < -0.39 is 5.97 Å². The number of hydrogen-bond donors (Lipinski definition) is 1. The van der Waals surface area contributed by atoms with Gasteiger partial charge in [-0.3, -0.25) is 4.79 Å². The molecule has 0 atom stereocenters. The Kier molecular flexibility index (Phi) is 6.65. The van der Waals surface area contributed by atoms with Crippen LogP contribution in [0.2, 0.25) is 0 Å². The topological polar surface area (TPSA) is 88.4 Å². The number of carbonyl (C=O) groups is 2. The number of rotatable bonds is 7. The SMILES string of the molecule is COCCOC(=O)C(C#N)=CNc1ccc(C(C)=O)cc1. The highest BCUT2D eigenvalue weighted by molar-refractivity contribution is 5.94. The third-order valence-corrected chi connectivity index (χ3v) is 2.54. The molecule has 0 aliphatic heterocycles. The number of anilines is 1. The van der Waals surface area contributed by atoms with Crippen molar-refractivity contribution in [3.05, 3.63) is 41.6 Å². The number of nitrogens with one attached hydrogen (secondary N) is 1. The number of ketones is 1. The van der Waals surface area contributed by atoms with E-state index in [1.54, 1.807) is 30.3 Å². The minimum atomic E-state index is -0.720. The van der Waals surface area contributed by atoms with E-state index in [0.29, 0.717) is 11.3 Å². The monoisotopic (exact) mass is 288 g/mol. The van der Waals surface area contributed by atoms with Crippen molar-refractivity contribution in [1.82, 2.24) is 0 Å². The molecule has 1 N–H and O–H groups in total. The van der Waals surface area contributed by atoms with Gasteiger partial charge < -0.3 is 14.8 Å². The summed E-state index contributed by atoms with van der Waals surface area (Å²) in [6.45, 7) is 1.83. The van der Waals surface area contributed by atoms with Crippen LogP contribution in [0.25, 0.3) is 0 Å². The van der Waals surface area contributed by atoms with E-state index >= 15 is 0 Å². The quantitative estimate of drug-likeness (QED) is 0.271. The highest BCUT2D eigenvalue weighted by Gasteiger charge is 2.10. The summed E-state index contributed by atoms with van der Waals surface area (Å²) < 4.78 is 9.58. The Bertz CT molecular complexity index is 570. The predicted octanol–water partition coefficient (Wildman–Crippen LogP) is 1.90. The van der Waals surface area contributed by atoms with Gasteiger partial charge in [0.1, 0.15) is 12.7 Å². The van der Waals surface area contributed by atoms with Gasteiger partial charge in [-0.05, 0) is 31.2 Å². The van der Waals surface area contributed by atoms with Crippen LogP contribution < -0.4 is 5.32 Å². The van der Waals surface area contributed by atoms with Crippen LogP contribution in [0.15, 0.2) is 36.0 Å². The van der Waals surface area contributed by atoms with Gasteiger partial charge >= 0.3 is 5.97 Å². The van der Waals surface area contributed by atoms with Gasteiger partial charge in [-0.25, -0.2) is 4.79 Å². The summed E-state index contributed by atoms with van der Waals surface area (Å²) in [4.78, 5) is 22.7. The number of hydrogen-bond acceptors (Lipinski definition) is 6. The first-order valence-electron chi connectivity index (χ1n) is 6.22. The zero-order valence-corrected chi connectivity index (χ0v) is 11.9. The number of nitriles is 1. The maximum atomic E-state index is 11.6. The lowest BCUT2D eigenvalue weighted by Gasteiger charge is -2.04. The van der Waals surface area contributed by atoms with Crippen molar-refractivity contribution in [2.75, 3.05) is 25.6 Å². The molecule has 0 unspecified atom stereocenters. The summed E-state index contributed by atoms with van der Waals surface area (Å²) in [6.07, 6.45) is 1.26. The first-order valence-corrected chi connectivity index (χ1v) is 6.22. The number of benzene rings is 1. The van der Waals surface area contributed by atoms with Gasteiger partial charge in [-0.1, -0.05) is 0 Å². The van der Waals surface area contributed by atoms with Crippen LogP contribution in [0, 0.1) is 11.3 Å². The van der Waals surface area contributed by atoms with Gasteiger partial charge in [0.15, 0.2) is 11.4 Å². The average Bonchev–Trinajstić information content (AvgIpc) is 2.48. The van der Waals surface area contributed by atoms with E-state index in [4.69, 9.17) is 14.7 Å². The van der Waals surface area contributed by atoms with Crippen LogP contribution in [-0.2, 0) is 14.3 Å². The zero-order valence-electron chi connectivity index (χ0n) is 11.9. The normalized spacial score (nSPS) is 10.6. The molecule has 1 rings (SSSR count). The summed E-state index contributed by atoms with van der Waals surface area (Å²) in [5.41, 5.74) is 1.09. The van der Waals surface area contributed by atoms with E-state index in [1.807, 2.05) is 0 Å². The molecule has 0 aromatic heterocycles. The van der Waals surface area contributed by atoms with Gasteiger partial charge in [0.05, 0.1) is 6.61 Å². The fourth-order valence-corrected chi connectivity index (χ4v) is 1.39. The molecule has 6 heteroatoms. The molecule has 1 aromatic rings. The Morgan fingerprint density at radius 1 is 1.29 bits per heavy atom. The van der Waals surface area contributed by atoms with E-state index in [2.05, 4.69) is 5.32 Å². The molecule has 0 radical (unpaired) electrons. The van der Waals surface area contributed by atoms with E-state index in [9.17, 15) is 9.59 Å². The maximum Gasteiger partial charge on any atom is 0.350 e. The molecule has 0 bridgehead atoms. The van der Waals surface area contributed by atoms with Gasteiger partial charge in [0.25, 0.3) is 0 Å². The van der Waals surface area contributed by atoms with Crippen LogP contribution >= 0.6 is 0 Å². The van der Waals surface area contributed by atoms with Crippen molar-refractivity contribution in [1.29, 1.82) is 5.26 Å². The molecule has 110 valence electrons. The molecule has 6 nitrogen and oxygen atoms in total. The van der Waals surface area contributed by atoms with E-state index in [-0.39, 0.29) is 24.6 Å². The molecule has 1 aromatic carbocycles. The molecule has 21 heavy (non-hydrogen) atoms. The minimum Gasteiger partial charge on any atom is -0.459 e. The first-order chi connectivity index (χ1) is 10.1. The van der Waals surface area contributed by atoms with Crippen molar-refractivity contribution >= 4 is 17.4 Å². The van der Waals surface area contributed by atoms with Crippen molar-refractivity contribution < 1.29 is 19.1 Å². The standard InChI is InChI=1S/C15H16N2O4/c1-11(18)12-3-5-14(6-4-12)17-10-13(9-16)15(19)21-8-7-20-2/h3-6,10,17H,7-8H2,1-2H3. The molecule has 0 aliphatic rings. The summed E-state index contributed by atoms with van der Waals surface area (Å²) >= 11 is 0. The molecule has 0 aliphatic carbocycles. The smallest absolute Gasteiger partial charge is 0.350 e. The average molecular weight is 288 g/mol. The number of methoxy groups -OCH3 is 1. The minimum absolute atomic E-state index is 0.0310. The fraction of sp³-hybridized carbons (Fsp3) is 0.267. The lowest BCUT2D eigenvalue weighted by atomic mass is 10.1. The first kappa shape index (κ1) is 16.4. The summed E-state index contributed by atoms with van der Waals surface area (Å²) in [7, 11) is 1.49. The predicted molar refractivity (Wildman–Crippen MR) is 76.6 cm³/mol. The number of esters is 1. The third-order valence-electron chi connectivity index (χ3n) is 2.54. The van der Waals surface area contributed by atoms with E-state index in [1.165, 1.54) is 20.2 Å². The van der Waals surface area contributed by atoms with Crippen molar-refractivity contribution in [3.63, 3.8) is 0 Å². The van der Waals surface area contributed by atoms with Crippen LogP contribution in [-0.4, -0.2) is 32.1 Å². The summed E-state index contributed by atoms with van der Waals surface area (Å²) in [5.74, 6) is -0.751. The van der Waals surface area contributed by atoms with Crippen LogP contribution in [0.1, 0.15) is 17.3 Å². The van der Waals surface area contributed by atoms with Gasteiger partial charge in [-0.15, -0.1) is 0 Å². The number of Topliss-reactive ketones (excluding diaryl/α,β-unsaturated/α-hetero) is 1. The molecule has 0 fully saturated rings. The maximum absolute atomic E-state index is 11.6. The Morgan fingerprint density at radius 2 is 1.95 bits per heavy atom. The second-order valence-corrected chi connectivity index (χ2v) is 4.08. The largest absolute Gasteiger partial charge is 0.459 e. The molecule has 0 saturated carbocycles. The van der Waals surface area contributed by atoms with Crippen molar-refractivity contribution in [2.24, 2.45) is 0 Å². The molecular formula is C15H16N2O4. The molecular weight excluding hydrogens is 272 g/mol. The Hall–Kier alpha value is -2.65. The van der Waals surface area contributed by atoms with Gasteiger partial charge in [-0.2, -0.15) is 5.26 Å². The Morgan fingerprint density at radius 3 is 2.48 bits per heavy atom. The zero-order chi connectivity index (χ0) is 15.7. The lowest BCUT2D eigenvalue weighted by molar-refractivity contribution is -0.139. The van der Waals surface area contributed by atoms with Crippen molar-refractivity contribution in [2.45, 2.75) is 6.92 Å². The van der Waals surface area contributed by atoms with Gasteiger partial charge in [0, 0.05) is 24.6 Å². The highest BCUT2D eigenvalue weighted by Crippen LogP contribution is 2.10.